The standard InChI is InChI=1S/C18H18FN5O2/c19-14-4-5-16(24(25)26)17(11-14)22-9-7-21(8-10-22)12-15-13-23-6-2-1-3-18(23)20-15/h1-6,11,13H,7-10,12H2. The molecule has 134 valence electrons. The van der Waals surface area contributed by atoms with Gasteiger partial charge in [-0.2, -0.15) is 0 Å². The van der Waals surface area contributed by atoms with Gasteiger partial charge in [0, 0.05) is 57.3 Å². The van der Waals surface area contributed by atoms with E-state index in [4.69, 9.17) is 0 Å². The van der Waals surface area contributed by atoms with Gasteiger partial charge in [-0.15, -0.1) is 0 Å². The minimum Gasteiger partial charge on any atom is -0.363 e. The van der Waals surface area contributed by atoms with Gasteiger partial charge in [0.05, 0.1) is 10.6 Å². The highest BCUT2D eigenvalue weighted by Gasteiger charge is 2.24. The van der Waals surface area contributed by atoms with Crippen LogP contribution in [-0.4, -0.2) is 45.4 Å². The Kier molecular flexibility index (Phi) is 4.26. The molecule has 3 heterocycles. The molecule has 1 aromatic carbocycles. The van der Waals surface area contributed by atoms with Gasteiger partial charge in [0.1, 0.15) is 17.2 Å². The molecule has 0 spiro atoms. The molecule has 0 N–H and O–H groups in total. The zero-order valence-corrected chi connectivity index (χ0v) is 14.1. The topological polar surface area (TPSA) is 66.9 Å². The van der Waals surface area contributed by atoms with Crippen LogP contribution in [0.4, 0.5) is 15.8 Å². The van der Waals surface area contributed by atoms with Crippen molar-refractivity contribution in [1.82, 2.24) is 14.3 Å². The van der Waals surface area contributed by atoms with Crippen molar-refractivity contribution in [1.29, 1.82) is 0 Å². The van der Waals surface area contributed by atoms with E-state index in [9.17, 15) is 14.5 Å². The van der Waals surface area contributed by atoms with Gasteiger partial charge in [-0.05, 0) is 18.2 Å². The first-order chi connectivity index (χ1) is 12.6. The Labute approximate surface area is 149 Å². The molecule has 1 aliphatic heterocycles. The number of nitro benzene ring substituents is 1. The van der Waals surface area contributed by atoms with Gasteiger partial charge >= 0.3 is 0 Å². The van der Waals surface area contributed by atoms with Gasteiger partial charge in [0.2, 0.25) is 0 Å². The van der Waals surface area contributed by atoms with Crippen molar-refractivity contribution >= 4 is 17.0 Å². The minimum atomic E-state index is -0.461. The maximum atomic E-state index is 13.6. The molecule has 0 unspecified atom stereocenters. The van der Waals surface area contributed by atoms with Crippen LogP contribution in [0.15, 0.2) is 48.8 Å². The predicted octanol–water partition coefficient (Wildman–Crippen LogP) is 2.70. The summed E-state index contributed by atoms with van der Waals surface area (Å²) in [7, 11) is 0. The van der Waals surface area contributed by atoms with Crippen molar-refractivity contribution in [3.05, 3.63) is 70.4 Å². The summed E-state index contributed by atoms with van der Waals surface area (Å²) in [6.45, 7) is 3.42. The van der Waals surface area contributed by atoms with Gasteiger partial charge in [-0.25, -0.2) is 9.37 Å². The second-order valence-electron chi connectivity index (χ2n) is 6.35. The van der Waals surface area contributed by atoms with E-state index in [0.717, 1.165) is 37.0 Å². The Balaban J connectivity index is 1.44. The second kappa shape index (κ2) is 6.72. The first-order valence-corrected chi connectivity index (χ1v) is 8.44. The molecule has 0 aliphatic carbocycles. The summed E-state index contributed by atoms with van der Waals surface area (Å²) in [5, 5.41) is 11.2. The van der Waals surface area contributed by atoms with Crippen molar-refractivity contribution < 1.29 is 9.31 Å². The minimum absolute atomic E-state index is 0.0554. The SMILES string of the molecule is O=[N+]([O-])c1ccc(F)cc1N1CCN(Cc2cn3ccccc3n2)CC1. The second-order valence-corrected chi connectivity index (χ2v) is 6.35. The summed E-state index contributed by atoms with van der Waals surface area (Å²) in [6, 6.07) is 9.48. The summed E-state index contributed by atoms with van der Waals surface area (Å²) < 4.78 is 15.5. The molecule has 26 heavy (non-hydrogen) atoms. The first-order valence-electron chi connectivity index (χ1n) is 8.44. The summed E-state index contributed by atoms with van der Waals surface area (Å²) in [6.07, 6.45) is 3.98. The van der Waals surface area contributed by atoms with E-state index in [1.54, 1.807) is 0 Å². The molecule has 2 aromatic heterocycles. The van der Waals surface area contributed by atoms with Crippen molar-refractivity contribution in [2.45, 2.75) is 6.54 Å². The van der Waals surface area contributed by atoms with Crippen LogP contribution in [0.5, 0.6) is 0 Å². The number of hydrogen-bond donors (Lipinski definition) is 0. The Hall–Kier alpha value is -3.00. The summed E-state index contributed by atoms with van der Waals surface area (Å²) >= 11 is 0. The third-order valence-electron chi connectivity index (χ3n) is 4.65. The lowest BCUT2D eigenvalue weighted by molar-refractivity contribution is -0.384. The lowest BCUT2D eigenvalue weighted by Crippen LogP contribution is -2.46. The Morgan fingerprint density at radius 3 is 2.69 bits per heavy atom. The number of aromatic nitrogens is 2. The molecule has 0 bridgehead atoms. The summed E-state index contributed by atoms with van der Waals surface area (Å²) in [5.41, 5.74) is 2.19. The monoisotopic (exact) mass is 355 g/mol. The molecule has 8 heteroatoms. The maximum absolute atomic E-state index is 13.6. The summed E-state index contributed by atoms with van der Waals surface area (Å²) in [4.78, 5) is 19.5. The fourth-order valence-corrected chi connectivity index (χ4v) is 3.34. The average Bonchev–Trinajstić information content (AvgIpc) is 3.04. The molecule has 0 amide bonds. The number of imidazole rings is 1. The lowest BCUT2D eigenvalue weighted by Gasteiger charge is -2.35. The largest absolute Gasteiger partial charge is 0.363 e. The van der Waals surface area contributed by atoms with Gasteiger partial charge in [-0.1, -0.05) is 6.07 Å². The average molecular weight is 355 g/mol. The van der Waals surface area contributed by atoms with E-state index < -0.39 is 10.7 Å². The quantitative estimate of drug-likeness (QED) is 0.532. The zero-order valence-electron chi connectivity index (χ0n) is 14.1. The van der Waals surface area contributed by atoms with Crippen LogP contribution in [-0.2, 0) is 6.54 Å². The van der Waals surface area contributed by atoms with E-state index in [1.807, 2.05) is 39.9 Å². The highest BCUT2D eigenvalue weighted by molar-refractivity contribution is 5.63. The van der Waals surface area contributed by atoms with Gasteiger partial charge in [0.25, 0.3) is 5.69 Å². The smallest absolute Gasteiger partial charge is 0.292 e. The molecule has 0 saturated carbocycles. The maximum Gasteiger partial charge on any atom is 0.292 e. The van der Waals surface area contributed by atoms with Crippen molar-refractivity contribution in [3.8, 4) is 0 Å². The number of benzene rings is 1. The van der Waals surface area contributed by atoms with Crippen molar-refractivity contribution in [3.63, 3.8) is 0 Å². The predicted molar refractivity (Wildman–Crippen MR) is 95.7 cm³/mol. The summed E-state index contributed by atoms with van der Waals surface area (Å²) in [5.74, 6) is -0.460. The molecule has 7 nitrogen and oxygen atoms in total. The first kappa shape index (κ1) is 16.5. The number of halogens is 1. The van der Waals surface area contributed by atoms with Crippen LogP contribution in [0.3, 0.4) is 0 Å². The van der Waals surface area contributed by atoms with Crippen LogP contribution in [0.1, 0.15) is 5.69 Å². The molecule has 1 aliphatic rings. The highest BCUT2D eigenvalue weighted by atomic mass is 19.1. The molecule has 3 aromatic rings. The van der Waals surface area contributed by atoms with E-state index in [-0.39, 0.29) is 5.69 Å². The Morgan fingerprint density at radius 1 is 1.15 bits per heavy atom. The van der Waals surface area contributed by atoms with E-state index in [0.29, 0.717) is 18.8 Å². The molecule has 1 saturated heterocycles. The number of rotatable bonds is 4. The fourth-order valence-electron chi connectivity index (χ4n) is 3.34. The molecule has 4 rings (SSSR count). The molecular weight excluding hydrogens is 337 g/mol. The van der Waals surface area contributed by atoms with Gasteiger partial charge in [0.15, 0.2) is 0 Å². The molecule has 0 atom stereocenters. The van der Waals surface area contributed by atoms with E-state index in [2.05, 4.69) is 9.88 Å². The van der Waals surface area contributed by atoms with Crippen LogP contribution >= 0.6 is 0 Å². The fraction of sp³-hybridized carbons (Fsp3) is 0.278. The molecular formula is C18H18FN5O2. The van der Waals surface area contributed by atoms with Gasteiger partial charge < -0.3 is 9.30 Å². The lowest BCUT2D eigenvalue weighted by atomic mass is 10.2. The highest BCUT2D eigenvalue weighted by Crippen LogP contribution is 2.29. The zero-order chi connectivity index (χ0) is 18.1. The van der Waals surface area contributed by atoms with Crippen LogP contribution in [0.2, 0.25) is 0 Å². The Bertz CT molecular complexity index is 917. The third-order valence-corrected chi connectivity index (χ3v) is 4.65. The number of nitrogens with zero attached hydrogens (tertiary/aromatic N) is 5. The van der Waals surface area contributed by atoms with Crippen molar-refractivity contribution in [2.75, 3.05) is 31.1 Å². The van der Waals surface area contributed by atoms with Crippen LogP contribution < -0.4 is 4.90 Å². The number of anilines is 1. The molecule has 1 fully saturated rings. The Morgan fingerprint density at radius 2 is 1.96 bits per heavy atom. The van der Waals surface area contributed by atoms with Crippen molar-refractivity contribution in [2.24, 2.45) is 0 Å². The normalized spacial score (nSPS) is 15.5. The van der Waals surface area contributed by atoms with Crippen LogP contribution in [0.25, 0.3) is 5.65 Å². The van der Waals surface area contributed by atoms with E-state index >= 15 is 0 Å². The molecule has 0 radical (unpaired) electrons. The number of fused-ring (bicyclic) bond motifs is 1. The number of nitro groups is 1. The van der Waals surface area contributed by atoms with Crippen LogP contribution in [0, 0.1) is 15.9 Å². The number of hydrogen-bond acceptors (Lipinski definition) is 5. The van der Waals surface area contributed by atoms with E-state index in [1.165, 1.54) is 12.1 Å². The van der Waals surface area contributed by atoms with Gasteiger partial charge in [-0.3, -0.25) is 15.0 Å². The number of pyridine rings is 1. The third kappa shape index (κ3) is 3.23. The number of piperazine rings is 1.